The first-order chi connectivity index (χ1) is 12.3. The van der Waals surface area contributed by atoms with Crippen molar-refractivity contribution in [1.82, 2.24) is 15.1 Å². The molecule has 1 aliphatic heterocycles. The fraction of sp³-hybridized carbons (Fsp3) is 0.550. The van der Waals surface area contributed by atoms with E-state index in [1.165, 1.54) is 44.2 Å². The van der Waals surface area contributed by atoms with Crippen molar-refractivity contribution in [3.05, 3.63) is 42.7 Å². The molecule has 2 aromatic rings. The van der Waals surface area contributed by atoms with Crippen molar-refractivity contribution in [2.45, 2.75) is 56.7 Å². The molecular weight excluding hydrogens is 310 g/mol. The lowest BCUT2D eigenvalue weighted by Crippen LogP contribution is -2.55. The van der Waals surface area contributed by atoms with Gasteiger partial charge in [-0.05, 0) is 56.0 Å². The quantitative estimate of drug-likeness (QED) is 0.899. The Morgan fingerprint density at radius 3 is 2.56 bits per heavy atom. The molecule has 1 saturated heterocycles. The van der Waals surface area contributed by atoms with Crippen molar-refractivity contribution in [3.8, 4) is 5.69 Å². The summed E-state index contributed by atoms with van der Waals surface area (Å²) in [6.45, 7) is 2.21. The van der Waals surface area contributed by atoms with Gasteiger partial charge < -0.3 is 16.0 Å². The van der Waals surface area contributed by atoms with Crippen molar-refractivity contribution in [2.24, 2.45) is 5.73 Å². The SMILES string of the molecule is N[C@@H]1CCCC[C@H]1N[C@H]1CCCN(c2ccc(-n3cccn3)cc2)C1. The molecule has 134 valence electrons. The number of nitrogens with one attached hydrogen (secondary N) is 1. The van der Waals surface area contributed by atoms with Crippen LogP contribution in [0.2, 0.25) is 0 Å². The van der Waals surface area contributed by atoms with Gasteiger partial charge in [-0.1, -0.05) is 12.8 Å². The highest BCUT2D eigenvalue weighted by atomic mass is 15.3. The molecule has 2 aliphatic rings. The summed E-state index contributed by atoms with van der Waals surface area (Å²) in [5.74, 6) is 0. The Morgan fingerprint density at radius 1 is 1.00 bits per heavy atom. The van der Waals surface area contributed by atoms with E-state index in [1.807, 2.05) is 23.1 Å². The van der Waals surface area contributed by atoms with E-state index in [0.29, 0.717) is 18.1 Å². The number of nitrogens with zero attached hydrogens (tertiary/aromatic N) is 3. The van der Waals surface area contributed by atoms with Crippen LogP contribution in [-0.2, 0) is 0 Å². The predicted molar refractivity (Wildman–Crippen MR) is 102 cm³/mol. The molecule has 1 saturated carbocycles. The van der Waals surface area contributed by atoms with Gasteiger partial charge in [0.2, 0.25) is 0 Å². The van der Waals surface area contributed by atoms with E-state index in [2.05, 4.69) is 39.6 Å². The van der Waals surface area contributed by atoms with Crippen LogP contribution in [-0.4, -0.2) is 41.0 Å². The summed E-state index contributed by atoms with van der Waals surface area (Å²) in [7, 11) is 0. The van der Waals surface area contributed by atoms with Crippen LogP contribution >= 0.6 is 0 Å². The fourth-order valence-corrected chi connectivity index (χ4v) is 4.25. The Kier molecular flexibility index (Phi) is 5.04. The monoisotopic (exact) mass is 339 g/mol. The molecule has 2 heterocycles. The summed E-state index contributed by atoms with van der Waals surface area (Å²) in [5, 5.41) is 8.15. The van der Waals surface area contributed by atoms with E-state index in [0.717, 1.165) is 18.8 Å². The van der Waals surface area contributed by atoms with Gasteiger partial charge in [0.05, 0.1) is 5.69 Å². The molecule has 4 rings (SSSR count). The van der Waals surface area contributed by atoms with Crippen molar-refractivity contribution in [3.63, 3.8) is 0 Å². The van der Waals surface area contributed by atoms with E-state index in [9.17, 15) is 0 Å². The van der Waals surface area contributed by atoms with Crippen LogP contribution in [0.4, 0.5) is 5.69 Å². The molecule has 0 amide bonds. The van der Waals surface area contributed by atoms with Crippen LogP contribution in [0.3, 0.4) is 0 Å². The average molecular weight is 339 g/mol. The molecule has 0 radical (unpaired) electrons. The van der Waals surface area contributed by atoms with Crippen LogP contribution in [0.15, 0.2) is 42.7 Å². The predicted octanol–water partition coefficient (Wildman–Crippen LogP) is 2.70. The summed E-state index contributed by atoms with van der Waals surface area (Å²) in [6, 6.07) is 12.1. The molecular formula is C20H29N5. The van der Waals surface area contributed by atoms with Gasteiger partial charge in [-0.2, -0.15) is 5.10 Å². The Hall–Kier alpha value is -1.85. The van der Waals surface area contributed by atoms with Crippen LogP contribution < -0.4 is 16.0 Å². The Bertz CT molecular complexity index is 651. The number of hydrogen-bond acceptors (Lipinski definition) is 4. The molecule has 3 atom stereocenters. The smallest absolute Gasteiger partial charge is 0.0647 e. The minimum absolute atomic E-state index is 0.331. The van der Waals surface area contributed by atoms with Gasteiger partial charge in [0.25, 0.3) is 0 Å². The highest BCUT2D eigenvalue weighted by Crippen LogP contribution is 2.23. The number of piperidine rings is 1. The van der Waals surface area contributed by atoms with Crippen molar-refractivity contribution >= 4 is 5.69 Å². The minimum atomic E-state index is 0.331. The van der Waals surface area contributed by atoms with E-state index >= 15 is 0 Å². The first kappa shape index (κ1) is 16.6. The number of benzene rings is 1. The summed E-state index contributed by atoms with van der Waals surface area (Å²) < 4.78 is 1.90. The molecule has 5 heteroatoms. The minimum Gasteiger partial charge on any atom is -0.370 e. The number of anilines is 1. The van der Waals surface area contributed by atoms with Crippen LogP contribution in [0, 0.1) is 0 Å². The lowest BCUT2D eigenvalue weighted by atomic mass is 9.89. The second-order valence-electron chi connectivity index (χ2n) is 7.47. The van der Waals surface area contributed by atoms with Crippen LogP contribution in [0.5, 0.6) is 0 Å². The third-order valence-electron chi connectivity index (χ3n) is 5.67. The molecule has 25 heavy (non-hydrogen) atoms. The molecule has 0 spiro atoms. The summed E-state index contributed by atoms with van der Waals surface area (Å²) in [5.41, 5.74) is 8.73. The highest BCUT2D eigenvalue weighted by molar-refractivity contribution is 5.51. The lowest BCUT2D eigenvalue weighted by molar-refractivity contribution is 0.282. The Labute approximate surface area is 150 Å². The van der Waals surface area contributed by atoms with Crippen LogP contribution in [0.1, 0.15) is 38.5 Å². The van der Waals surface area contributed by atoms with Gasteiger partial charge in [-0.25, -0.2) is 4.68 Å². The largest absolute Gasteiger partial charge is 0.370 e. The highest BCUT2D eigenvalue weighted by Gasteiger charge is 2.27. The first-order valence-electron chi connectivity index (χ1n) is 9.66. The number of nitrogens with two attached hydrogens (primary N) is 1. The lowest BCUT2D eigenvalue weighted by Gasteiger charge is -2.39. The molecule has 2 fully saturated rings. The summed E-state index contributed by atoms with van der Waals surface area (Å²) in [6.07, 6.45) is 11.3. The van der Waals surface area contributed by atoms with Crippen molar-refractivity contribution < 1.29 is 0 Å². The standard InChI is InChI=1S/C20H29N5/c21-19-6-1-2-7-20(19)23-16-5-3-13-24(15-16)17-8-10-18(11-9-17)25-14-4-12-22-25/h4,8-12,14,16,19-20,23H,1-3,5-7,13,15,21H2/t16-,19+,20+/m0/s1. The molecule has 0 bridgehead atoms. The third-order valence-corrected chi connectivity index (χ3v) is 5.67. The molecule has 3 N–H and O–H groups in total. The van der Waals surface area contributed by atoms with Gasteiger partial charge in [0.1, 0.15) is 0 Å². The molecule has 5 nitrogen and oxygen atoms in total. The molecule has 0 unspecified atom stereocenters. The van der Waals surface area contributed by atoms with Crippen LogP contribution in [0.25, 0.3) is 5.69 Å². The average Bonchev–Trinajstić information content (AvgIpc) is 3.19. The van der Waals surface area contributed by atoms with Crippen molar-refractivity contribution in [2.75, 3.05) is 18.0 Å². The zero-order chi connectivity index (χ0) is 17.1. The summed E-state index contributed by atoms with van der Waals surface area (Å²) >= 11 is 0. The number of aromatic nitrogens is 2. The van der Waals surface area contributed by atoms with E-state index in [-0.39, 0.29) is 0 Å². The summed E-state index contributed by atoms with van der Waals surface area (Å²) in [4.78, 5) is 2.50. The van der Waals surface area contributed by atoms with Gasteiger partial charge >= 0.3 is 0 Å². The van der Waals surface area contributed by atoms with Gasteiger partial charge in [0.15, 0.2) is 0 Å². The normalized spacial score (nSPS) is 27.4. The molecule has 1 aromatic carbocycles. The van der Waals surface area contributed by atoms with E-state index < -0.39 is 0 Å². The zero-order valence-electron chi connectivity index (χ0n) is 14.8. The van der Waals surface area contributed by atoms with E-state index in [4.69, 9.17) is 5.73 Å². The maximum Gasteiger partial charge on any atom is 0.0647 e. The Balaban J connectivity index is 1.39. The zero-order valence-corrected chi connectivity index (χ0v) is 14.8. The first-order valence-corrected chi connectivity index (χ1v) is 9.66. The van der Waals surface area contributed by atoms with Gasteiger partial charge in [-0.15, -0.1) is 0 Å². The number of hydrogen-bond donors (Lipinski definition) is 2. The van der Waals surface area contributed by atoms with Crippen molar-refractivity contribution in [1.29, 1.82) is 0 Å². The third kappa shape index (κ3) is 3.88. The maximum atomic E-state index is 6.32. The topological polar surface area (TPSA) is 59.1 Å². The maximum absolute atomic E-state index is 6.32. The Morgan fingerprint density at radius 2 is 1.80 bits per heavy atom. The van der Waals surface area contributed by atoms with E-state index in [1.54, 1.807) is 0 Å². The molecule has 1 aromatic heterocycles. The van der Waals surface area contributed by atoms with Gasteiger partial charge in [-0.3, -0.25) is 0 Å². The molecule has 1 aliphatic carbocycles. The second-order valence-corrected chi connectivity index (χ2v) is 7.47. The van der Waals surface area contributed by atoms with Gasteiger partial charge in [0, 0.05) is 49.3 Å². The fourth-order valence-electron chi connectivity index (χ4n) is 4.25. The number of rotatable bonds is 4. The second kappa shape index (κ2) is 7.58.